The summed E-state index contributed by atoms with van der Waals surface area (Å²) in [4.78, 5) is 28.4. The van der Waals surface area contributed by atoms with Crippen molar-refractivity contribution in [3.63, 3.8) is 0 Å². The van der Waals surface area contributed by atoms with Gasteiger partial charge in [0.1, 0.15) is 0 Å². The Bertz CT molecular complexity index is 447. The van der Waals surface area contributed by atoms with Gasteiger partial charge in [0, 0.05) is 19.6 Å². The van der Waals surface area contributed by atoms with E-state index in [0.717, 1.165) is 44.3 Å². The summed E-state index contributed by atoms with van der Waals surface area (Å²) in [6.07, 6.45) is 11.5. The van der Waals surface area contributed by atoms with Crippen LogP contribution in [0.1, 0.15) is 51.4 Å². The molecule has 3 aliphatic rings. The van der Waals surface area contributed by atoms with E-state index in [9.17, 15) is 9.59 Å². The van der Waals surface area contributed by atoms with Crippen LogP contribution < -0.4 is 5.32 Å². The third kappa shape index (κ3) is 4.35. The molecule has 3 rings (SSSR count). The van der Waals surface area contributed by atoms with E-state index in [2.05, 4.69) is 10.3 Å². The van der Waals surface area contributed by atoms with E-state index >= 15 is 0 Å². The van der Waals surface area contributed by atoms with E-state index in [-0.39, 0.29) is 6.03 Å². The molecular formula is C18H29N3O2. The van der Waals surface area contributed by atoms with Crippen molar-refractivity contribution in [2.75, 3.05) is 26.2 Å². The molecule has 128 valence electrons. The van der Waals surface area contributed by atoms with Crippen molar-refractivity contribution < 1.29 is 9.59 Å². The van der Waals surface area contributed by atoms with Crippen molar-refractivity contribution in [3.8, 4) is 0 Å². The van der Waals surface area contributed by atoms with Gasteiger partial charge in [-0.15, -0.1) is 0 Å². The lowest BCUT2D eigenvalue weighted by Gasteiger charge is -2.28. The van der Waals surface area contributed by atoms with Crippen molar-refractivity contribution in [3.05, 3.63) is 0 Å². The van der Waals surface area contributed by atoms with Crippen LogP contribution in [0.15, 0.2) is 4.99 Å². The van der Waals surface area contributed by atoms with Crippen molar-refractivity contribution in [2.24, 2.45) is 28.7 Å². The maximum Gasteiger partial charge on any atom is 0.317 e. The van der Waals surface area contributed by atoms with Crippen molar-refractivity contribution >= 4 is 12.1 Å². The van der Waals surface area contributed by atoms with Gasteiger partial charge in [-0.3, -0.25) is 0 Å². The topological polar surface area (TPSA) is 61.8 Å². The molecule has 1 aliphatic heterocycles. The van der Waals surface area contributed by atoms with E-state index in [1.165, 1.54) is 38.5 Å². The normalized spacial score (nSPS) is 33.7. The quantitative estimate of drug-likeness (QED) is 0.639. The SMILES string of the molecule is O=C=NCC1CCCC(CNC(=O)N2CC3CCCCC3C2)C1. The number of aliphatic imine (C=N–C) groups is 1. The van der Waals surface area contributed by atoms with Gasteiger partial charge in [0.05, 0.1) is 6.54 Å². The Kier molecular flexibility index (Phi) is 5.71. The minimum Gasteiger partial charge on any atom is -0.338 e. The maximum absolute atomic E-state index is 12.4. The number of carbonyl (C=O) groups excluding carboxylic acids is 2. The second kappa shape index (κ2) is 7.96. The number of nitrogens with one attached hydrogen (secondary N) is 1. The lowest BCUT2D eigenvalue weighted by atomic mass is 9.81. The third-order valence-electron chi connectivity index (χ3n) is 6.11. The average molecular weight is 319 g/mol. The molecule has 2 amide bonds. The highest BCUT2D eigenvalue weighted by atomic mass is 16.2. The summed E-state index contributed by atoms with van der Waals surface area (Å²) in [5.74, 6) is 2.51. The molecular weight excluding hydrogens is 290 g/mol. The van der Waals surface area contributed by atoms with E-state index < -0.39 is 0 Å². The molecule has 1 N–H and O–H groups in total. The van der Waals surface area contributed by atoms with Crippen LogP contribution >= 0.6 is 0 Å². The molecule has 0 aromatic carbocycles. The summed E-state index contributed by atoms with van der Waals surface area (Å²) in [6, 6.07) is 0.132. The minimum absolute atomic E-state index is 0.132. The van der Waals surface area contributed by atoms with Gasteiger partial charge < -0.3 is 10.2 Å². The monoisotopic (exact) mass is 319 g/mol. The van der Waals surface area contributed by atoms with Crippen LogP contribution in [0.4, 0.5) is 4.79 Å². The number of isocyanates is 1. The van der Waals surface area contributed by atoms with Crippen LogP contribution in [-0.2, 0) is 4.79 Å². The second-order valence-electron chi connectivity index (χ2n) is 7.73. The number of urea groups is 1. The van der Waals surface area contributed by atoms with Crippen LogP contribution in [-0.4, -0.2) is 43.2 Å². The number of fused-ring (bicyclic) bond motifs is 1. The zero-order valence-electron chi connectivity index (χ0n) is 14.0. The number of hydrogen-bond donors (Lipinski definition) is 1. The molecule has 1 heterocycles. The van der Waals surface area contributed by atoms with E-state index in [1.54, 1.807) is 6.08 Å². The molecule has 0 spiro atoms. The Morgan fingerprint density at radius 2 is 1.74 bits per heavy atom. The van der Waals surface area contributed by atoms with Crippen molar-refractivity contribution in [1.29, 1.82) is 0 Å². The Balaban J connectivity index is 1.41. The molecule has 3 fully saturated rings. The van der Waals surface area contributed by atoms with Crippen LogP contribution in [0.25, 0.3) is 0 Å². The molecule has 2 saturated carbocycles. The molecule has 0 radical (unpaired) electrons. The zero-order valence-corrected chi connectivity index (χ0v) is 14.0. The van der Waals surface area contributed by atoms with Gasteiger partial charge in [0.2, 0.25) is 6.08 Å². The lowest BCUT2D eigenvalue weighted by Crippen LogP contribution is -2.41. The Hall–Kier alpha value is -1.35. The fourth-order valence-electron chi connectivity index (χ4n) is 4.84. The average Bonchev–Trinajstić information content (AvgIpc) is 3.02. The summed E-state index contributed by atoms with van der Waals surface area (Å²) >= 11 is 0. The standard InChI is InChI=1S/C18H29N3O2/c22-13-19-9-14-4-3-5-15(8-14)10-20-18(23)21-11-16-6-1-2-7-17(16)12-21/h14-17H,1-12H2,(H,20,23). The molecule has 0 aromatic heterocycles. The number of amides is 2. The van der Waals surface area contributed by atoms with Gasteiger partial charge in [-0.2, -0.15) is 0 Å². The number of nitrogens with zero attached hydrogens (tertiary/aromatic N) is 2. The van der Waals surface area contributed by atoms with Gasteiger partial charge in [-0.1, -0.05) is 19.3 Å². The van der Waals surface area contributed by atoms with Gasteiger partial charge in [-0.25, -0.2) is 14.6 Å². The molecule has 1 saturated heterocycles. The summed E-state index contributed by atoms with van der Waals surface area (Å²) in [5.41, 5.74) is 0. The highest BCUT2D eigenvalue weighted by Gasteiger charge is 2.36. The van der Waals surface area contributed by atoms with Crippen LogP contribution in [0, 0.1) is 23.7 Å². The summed E-state index contributed by atoms with van der Waals surface area (Å²) in [5, 5.41) is 3.16. The second-order valence-corrected chi connectivity index (χ2v) is 7.73. The van der Waals surface area contributed by atoms with E-state index in [1.807, 2.05) is 4.90 Å². The first-order valence-electron chi connectivity index (χ1n) is 9.32. The number of likely N-dealkylation sites (tertiary alicyclic amines) is 1. The first kappa shape index (κ1) is 16.5. The zero-order chi connectivity index (χ0) is 16.1. The van der Waals surface area contributed by atoms with Crippen LogP contribution in [0.2, 0.25) is 0 Å². The Morgan fingerprint density at radius 1 is 1.04 bits per heavy atom. The Morgan fingerprint density at radius 3 is 2.43 bits per heavy atom. The summed E-state index contributed by atoms with van der Waals surface area (Å²) in [7, 11) is 0. The number of carbonyl (C=O) groups is 1. The Labute approximate surface area is 138 Å². The number of hydrogen-bond acceptors (Lipinski definition) is 3. The molecule has 4 atom stereocenters. The highest BCUT2D eigenvalue weighted by molar-refractivity contribution is 5.74. The molecule has 4 unspecified atom stereocenters. The van der Waals surface area contributed by atoms with E-state index in [4.69, 9.17) is 0 Å². The predicted octanol–water partition coefficient (Wildman–Crippen LogP) is 2.96. The highest BCUT2D eigenvalue weighted by Crippen LogP contribution is 2.36. The largest absolute Gasteiger partial charge is 0.338 e. The first-order valence-corrected chi connectivity index (χ1v) is 9.32. The van der Waals surface area contributed by atoms with Crippen LogP contribution in [0.3, 0.4) is 0 Å². The van der Waals surface area contributed by atoms with Gasteiger partial charge in [-0.05, 0) is 55.8 Å². The van der Waals surface area contributed by atoms with Gasteiger partial charge >= 0.3 is 6.03 Å². The predicted molar refractivity (Wildman–Crippen MR) is 88.9 cm³/mol. The third-order valence-corrected chi connectivity index (χ3v) is 6.11. The molecule has 23 heavy (non-hydrogen) atoms. The molecule has 2 aliphatic carbocycles. The fraction of sp³-hybridized carbons (Fsp3) is 0.889. The van der Waals surface area contributed by atoms with Gasteiger partial charge in [0.25, 0.3) is 0 Å². The molecule has 5 nitrogen and oxygen atoms in total. The maximum atomic E-state index is 12.4. The van der Waals surface area contributed by atoms with Crippen molar-refractivity contribution in [1.82, 2.24) is 10.2 Å². The lowest BCUT2D eigenvalue weighted by molar-refractivity contribution is 0.199. The van der Waals surface area contributed by atoms with Crippen LogP contribution in [0.5, 0.6) is 0 Å². The minimum atomic E-state index is 0.132. The molecule has 5 heteroatoms. The first-order chi connectivity index (χ1) is 11.3. The van der Waals surface area contributed by atoms with Gasteiger partial charge in [0.15, 0.2) is 0 Å². The smallest absolute Gasteiger partial charge is 0.317 e. The summed E-state index contributed by atoms with van der Waals surface area (Å²) in [6.45, 7) is 3.28. The molecule has 0 bridgehead atoms. The van der Waals surface area contributed by atoms with E-state index in [0.29, 0.717) is 18.4 Å². The molecule has 0 aromatic rings. The van der Waals surface area contributed by atoms with Crippen molar-refractivity contribution in [2.45, 2.75) is 51.4 Å². The fourth-order valence-corrected chi connectivity index (χ4v) is 4.84. The summed E-state index contributed by atoms with van der Waals surface area (Å²) < 4.78 is 0. The number of rotatable bonds is 4.